The summed E-state index contributed by atoms with van der Waals surface area (Å²) in [6.07, 6.45) is 2.22. The van der Waals surface area contributed by atoms with Gasteiger partial charge in [0.15, 0.2) is 0 Å². The van der Waals surface area contributed by atoms with Crippen LogP contribution in [0.25, 0.3) is 0 Å². The first-order valence-corrected chi connectivity index (χ1v) is 6.41. The molecule has 104 valence electrons. The summed E-state index contributed by atoms with van der Waals surface area (Å²) in [5.41, 5.74) is 0. The number of halogens is 2. The highest BCUT2D eigenvalue weighted by Crippen LogP contribution is 2.55. The number of aliphatic carboxylic acids is 1. The maximum Gasteiger partial charge on any atom is 0.306 e. The average molecular weight is 272 g/mol. The summed E-state index contributed by atoms with van der Waals surface area (Å²) < 4.78 is 31.1. The Hall–Kier alpha value is -1.53. The van der Waals surface area contributed by atoms with Crippen molar-refractivity contribution in [3.8, 4) is 0 Å². The topological polar surface area (TPSA) is 76.2 Å². The van der Waals surface area contributed by atoms with Crippen LogP contribution in [0.3, 0.4) is 0 Å². The summed E-state index contributed by atoms with van der Waals surface area (Å²) in [5, 5.41) is 16.4. The van der Waals surface area contributed by atoms with Crippen LogP contribution in [-0.4, -0.2) is 27.2 Å². The lowest BCUT2D eigenvalue weighted by molar-refractivity contribution is -0.142. The second-order valence-corrected chi connectivity index (χ2v) is 5.38. The maximum atomic E-state index is 12.9. The molecular formula is C12H14F2N2O3. The molecule has 0 aromatic carbocycles. The van der Waals surface area contributed by atoms with Gasteiger partial charge in [-0.2, -0.15) is 0 Å². The van der Waals surface area contributed by atoms with E-state index >= 15 is 0 Å². The number of hydrogen-bond donors (Lipinski definition) is 1. The first kappa shape index (κ1) is 12.5. The third-order valence-corrected chi connectivity index (χ3v) is 4.01. The van der Waals surface area contributed by atoms with Gasteiger partial charge >= 0.3 is 5.97 Å². The van der Waals surface area contributed by atoms with Crippen molar-refractivity contribution in [2.24, 2.45) is 5.92 Å². The lowest BCUT2D eigenvalue weighted by Crippen LogP contribution is -2.20. The quantitative estimate of drug-likeness (QED) is 0.915. The molecule has 0 spiro atoms. The zero-order chi connectivity index (χ0) is 13.6. The Labute approximate surface area is 108 Å². The highest BCUT2D eigenvalue weighted by Gasteiger charge is 2.61. The van der Waals surface area contributed by atoms with E-state index in [0.29, 0.717) is 31.6 Å². The van der Waals surface area contributed by atoms with Gasteiger partial charge in [-0.25, -0.2) is 8.78 Å². The molecule has 1 aromatic rings. The normalized spacial score (nSPS) is 33.1. The molecule has 2 saturated carbocycles. The lowest BCUT2D eigenvalue weighted by Gasteiger charge is -2.23. The number of carboxylic acids is 1. The van der Waals surface area contributed by atoms with Crippen molar-refractivity contribution >= 4 is 5.97 Å². The molecular weight excluding hydrogens is 258 g/mol. The molecule has 1 N–H and O–H groups in total. The highest BCUT2D eigenvalue weighted by molar-refractivity contribution is 5.70. The van der Waals surface area contributed by atoms with Gasteiger partial charge < -0.3 is 9.52 Å². The van der Waals surface area contributed by atoms with Crippen LogP contribution >= 0.6 is 0 Å². The van der Waals surface area contributed by atoms with Crippen LogP contribution in [0.2, 0.25) is 0 Å². The largest absolute Gasteiger partial charge is 0.481 e. The zero-order valence-corrected chi connectivity index (χ0v) is 10.2. The van der Waals surface area contributed by atoms with Crippen LogP contribution in [0.4, 0.5) is 8.78 Å². The minimum absolute atomic E-state index is 0.00391. The van der Waals surface area contributed by atoms with Crippen molar-refractivity contribution in [2.45, 2.75) is 49.9 Å². The molecule has 0 bridgehead atoms. The molecule has 1 heterocycles. The fourth-order valence-electron chi connectivity index (χ4n) is 2.62. The van der Waals surface area contributed by atoms with Crippen molar-refractivity contribution in [2.75, 3.05) is 0 Å². The van der Waals surface area contributed by atoms with Crippen LogP contribution in [-0.2, 0) is 4.79 Å². The molecule has 1 aromatic heterocycles. The minimum Gasteiger partial charge on any atom is -0.481 e. The van der Waals surface area contributed by atoms with Crippen LogP contribution in [0.15, 0.2) is 4.42 Å². The molecule has 0 saturated heterocycles. The van der Waals surface area contributed by atoms with Gasteiger partial charge in [-0.3, -0.25) is 4.79 Å². The van der Waals surface area contributed by atoms with Gasteiger partial charge in [-0.05, 0) is 25.7 Å². The maximum absolute atomic E-state index is 12.9. The first-order chi connectivity index (χ1) is 8.97. The van der Waals surface area contributed by atoms with Gasteiger partial charge in [-0.1, -0.05) is 0 Å². The van der Waals surface area contributed by atoms with Crippen LogP contribution < -0.4 is 0 Å². The highest BCUT2D eigenvalue weighted by atomic mass is 19.3. The second-order valence-electron chi connectivity index (χ2n) is 5.38. The zero-order valence-electron chi connectivity index (χ0n) is 10.2. The molecule has 0 aliphatic heterocycles. The summed E-state index contributed by atoms with van der Waals surface area (Å²) >= 11 is 0. The van der Waals surface area contributed by atoms with E-state index in [1.54, 1.807) is 0 Å². The number of alkyl halides is 2. The molecule has 19 heavy (non-hydrogen) atoms. The van der Waals surface area contributed by atoms with E-state index in [2.05, 4.69) is 10.2 Å². The molecule has 0 amide bonds. The van der Waals surface area contributed by atoms with Gasteiger partial charge in [0.25, 0.3) is 5.92 Å². The van der Waals surface area contributed by atoms with E-state index in [4.69, 9.17) is 9.52 Å². The molecule has 2 aliphatic rings. The van der Waals surface area contributed by atoms with E-state index in [9.17, 15) is 13.6 Å². The Balaban J connectivity index is 1.63. The van der Waals surface area contributed by atoms with E-state index in [-0.39, 0.29) is 24.1 Å². The van der Waals surface area contributed by atoms with Crippen molar-refractivity contribution in [3.63, 3.8) is 0 Å². The number of carbonyl (C=O) groups is 1. The summed E-state index contributed by atoms with van der Waals surface area (Å²) in [6.45, 7) is 0. The Morgan fingerprint density at radius 3 is 2.32 bits per heavy atom. The van der Waals surface area contributed by atoms with Crippen LogP contribution in [0.1, 0.15) is 55.7 Å². The SMILES string of the molecule is O=C(O)[C@H]1CC[C@H](c2nnc(C3CC3(F)F)o2)CC1. The molecule has 3 rings (SSSR count). The summed E-state index contributed by atoms with van der Waals surface area (Å²) in [4.78, 5) is 10.8. The van der Waals surface area contributed by atoms with E-state index in [1.807, 2.05) is 0 Å². The van der Waals surface area contributed by atoms with Gasteiger partial charge in [0.2, 0.25) is 11.8 Å². The van der Waals surface area contributed by atoms with Gasteiger partial charge in [0.05, 0.1) is 5.92 Å². The van der Waals surface area contributed by atoms with Crippen molar-refractivity contribution < 1.29 is 23.1 Å². The standard InChI is InChI=1S/C12H14F2N2O3/c13-12(14)5-8(12)10-16-15-9(19-10)6-1-3-7(4-2-6)11(17)18/h6-8H,1-5H2,(H,17,18)/t6-,7-,8?. The second kappa shape index (κ2) is 4.25. The predicted octanol–water partition coefficient (Wildman–Crippen LogP) is 2.55. The van der Waals surface area contributed by atoms with Crippen molar-refractivity contribution in [1.29, 1.82) is 0 Å². The summed E-state index contributed by atoms with van der Waals surface area (Å²) in [7, 11) is 0. The van der Waals surface area contributed by atoms with E-state index in [1.165, 1.54) is 0 Å². The Morgan fingerprint density at radius 1 is 1.21 bits per heavy atom. The van der Waals surface area contributed by atoms with Crippen LogP contribution in [0, 0.1) is 5.92 Å². The Bertz CT molecular complexity index is 495. The first-order valence-electron chi connectivity index (χ1n) is 6.41. The molecule has 1 atom stereocenters. The lowest BCUT2D eigenvalue weighted by atomic mass is 9.82. The van der Waals surface area contributed by atoms with Crippen LogP contribution in [0.5, 0.6) is 0 Å². The Kier molecular flexibility index (Phi) is 2.79. The number of carboxylic acid groups (broad SMARTS) is 1. The summed E-state index contributed by atoms with van der Waals surface area (Å²) in [5.74, 6) is -4.32. The molecule has 7 heteroatoms. The molecule has 1 unspecified atom stereocenters. The number of nitrogens with zero attached hydrogens (tertiary/aromatic N) is 2. The average Bonchev–Trinajstić information content (AvgIpc) is 2.82. The Morgan fingerprint density at radius 2 is 1.79 bits per heavy atom. The molecule has 0 radical (unpaired) electrons. The van der Waals surface area contributed by atoms with E-state index in [0.717, 1.165) is 0 Å². The monoisotopic (exact) mass is 272 g/mol. The molecule has 2 aliphatic carbocycles. The minimum atomic E-state index is -2.70. The van der Waals surface area contributed by atoms with Gasteiger partial charge in [0.1, 0.15) is 5.92 Å². The van der Waals surface area contributed by atoms with Gasteiger partial charge in [0, 0.05) is 12.3 Å². The van der Waals surface area contributed by atoms with E-state index < -0.39 is 17.8 Å². The molecule has 5 nitrogen and oxygen atoms in total. The third kappa shape index (κ3) is 2.33. The fraction of sp³-hybridized carbons (Fsp3) is 0.750. The number of hydrogen-bond acceptors (Lipinski definition) is 4. The van der Waals surface area contributed by atoms with Crippen molar-refractivity contribution in [1.82, 2.24) is 10.2 Å². The molecule has 2 fully saturated rings. The van der Waals surface area contributed by atoms with Gasteiger partial charge in [-0.15, -0.1) is 10.2 Å². The fourth-order valence-corrected chi connectivity index (χ4v) is 2.62. The smallest absolute Gasteiger partial charge is 0.306 e. The number of aromatic nitrogens is 2. The van der Waals surface area contributed by atoms with Crippen molar-refractivity contribution in [3.05, 3.63) is 11.8 Å². The predicted molar refractivity (Wildman–Crippen MR) is 58.9 cm³/mol. The summed E-state index contributed by atoms with van der Waals surface area (Å²) in [6, 6.07) is 0. The number of rotatable bonds is 3. The third-order valence-electron chi connectivity index (χ3n) is 4.01.